The van der Waals surface area contributed by atoms with Crippen LogP contribution < -0.4 is 10.6 Å². The van der Waals surface area contributed by atoms with Gasteiger partial charge in [0.05, 0.1) is 6.61 Å². The molecule has 0 radical (unpaired) electrons. The topological polar surface area (TPSA) is 69.1 Å². The van der Waals surface area contributed by atoms with Crippen molar-refractivity contribution >= 4 is 41.5 Å². The Bertz CT molecular complexity index is 685. The van der Waals surface area contributed by atoms with Gasteiger partial charge in [-0.25, -0.2) is 0 Å². The molecule has 3 atom stereocenters. The summed E-state index contributed by atoms with van der Waals surface area (Å²) in [4.78, 5) is 6.85. The van der Waals surface area contributed by atoms with E-state index in [1.165, 1.54) is 18.4 Å². The van der Waals surface area contributed by atoms with Gasteiger partial charge in [0.25, 0.3) is 0 Å². The highest BCUT2D eigenvalue weighted by molar-refractivity contribution is 14.0. The van der Waals surface area contributed by atoms with E-state index in [2.05, 4.69) is 39.7 Å². The number of halogens is 2. The maximum absolute atomic E-state index is 9.43. The predicted molar refractivity (Wildman–Crippen MR) is 134 cm³/mol. The van der Waals surface area contributed by atoms with E-state index < -0.39 is 0 Å². The SMILES string of the molecule is CN=C(NCC1CCCN(C)C1c1cccc(Cl)c1)NCC1(CCO)CCOC1.I. The first-order valence-corrected chi connectivity index (χ1v) is 11.0. The summed E-state index contributed by atoms with van der Waals surface area (Å²) in [5, 5.41) is 17.2. The highest BCUT2D eigenvalue weighted by atomic mass is 127. The zero-order chi connectivity index (χ0) is 20.7. The van der Waals surface area contributed by atoms with Gasteiger partial charge in [0, 0.05) is 49.8 Å². The standard InChI is InChI=1S/C22H35ClN4O2.HI/c1-24-21(26-15-22(8-11-28)9-12-29-16-22)25-14-18-6-4-10-27(2)20(18)17-5-3-7-19(23)13-17;/h3,5,7,13,18,20,28H,4,6,8-12,14-16H2,1-2H3,(H2,24,25,26);1H. The number of nitrogens with zero attached hydrogens (tertiary/aromatic N) is 2. The van der Waals surface area contributed by atoms with E-state index >= 15 is 0 Å². The van der Waals surface area contributed by atoms with E-state index in [9.17, 15) is 5.11 Å². The molecule has 3 rings (SSSR count). The summed E-state index contributed by atoms with van der Waals surface area (Å²) in [5.41, 5.74) is 1.28. The van der Waals surface area contributed by atoms with Crippen LogP contribution in [0.1, 0.15) is 37.3 Å². The molecule has 3 N–H and O–H groups in total. The van der Waals surface area contributed by atoms with Gasteiger partial charge in [0.2, 0.25) is 0 Å². The van der Waals surface area contributed by atoms with Crippen LogP contribution in [0.15, 0.2) is 29.3 Å². The Morgan fingerprint density at radius 3 is 2.90 bits per heavy atom. The number of piperidine rings is 1. The van der Waals surface area contributed by atoms with Gasteiger partial charge >= 0.3 is 0 Å². The molecule has 170 valence electrons. The monoisotopic (exact) mass is 550 g/mol. The maximum Gasteiger partial charge on any atom is 0.191 e. The van der Waals surface area contributed by atoms with Gasteiger partial charge in [-0.3, -0.25) is 9.89 Å². The lowest BCUT2D eigenvalue weighted by molar-refractivity contribution is 0.121. The molecule has 2 aliphatic rings. The van der Waals surface area contributed by atoms with Crippen LogP contribution in [-0.4, -0.2) is 69.5 Å². The van der Waals surface area contributed by atoms with Crippen LogP contribution in [-0.2, 0) is 4.74 Å². The smallest absolute Gasteiger partial charge is 0.191 e. The molecule has 8 heteroatoms. The number of hydrogen-bond donors (Lipinski definition) is 3. The number of hydrogen-bond acceptors (Lipinski definition) is 4. The Hall–Kier alpha value is -0.610. The lowest BCUT2D eigenvalue weighted by Crippen LogP contribution is -2.47. The van der Waals surface area contributed by atoms with Crippen molar-refractivity contribution in [1.82, 2.24) is 15.5 Å². The van der Waals surface area contributed by atoms with Crippen molar-refractivity contribution in [2.45, 2.75) is 31.7 Å². The van der Waals surface area contributed by atoms with Crippen molar-refractivity contribution in [2.24, 2.45) is 16.3 Å². The largest absolute Gasteiger partial charge is 0.396 e. The Kier molecular flexibility index (Phi) is 10.6. The summed E-state index contributed by atoms with van der Waals surface area (Å²) in [7, 11) is 4.00. The predicted octanol–water partition coefficient (Wildman–Crippen LogP) is 3.30. The molecular formula is C22H36ClIN4O2. The van der Waals surface area contributed by atoms with Crippen LogP contribution in [0.25, 0.3) is 0 Å². The zero-order valence-electron chi connectivity index (χ0n) is 18.1. The van der Waals surface area contributed by atoms with Crippen molar-refractivity contribution in [3.63, 3.8) is 0 Å². The summed E-state index contributed by atoms with van der Waals surface area (Å²) in [5.74, 6) is 1.29. The number of aliphatic imine (C=N–C) groups is 1. The molecule has 0 saturated carbocycles. The minimum absolute atomic E-state index is 0. The molecule has 1 aromatic carbocycles. The molecule has 3 unspecified atom stereocenters. The summed E-state index contributed by atoms with van der Waals surface area (Å²) >= 11 is 6.26. The van der Waals surface area contributed by atoms with Crippen LogP contribution in [0.5, 0.6) is 0 Å². The normalized spacial score (nSPS) is 27.5. The lowest BCUT2D eigenvalue weighted by Gasteiger charge is -2.40. The Morgan fingerprint density at radius 2 is 2.23 bits per heavy atom. The van der Waals surface area contributed by atoms with Crippen LogP contribution in [0.4, 0.5) is 0 Å². The number of aliphatic hydroxyl groups excluding tert-OH is 1. The number of guanidine groups is 1. The molecule has 30 heavy (non-hydrogen) atoms. The van der Waals surface area contributed by atoms with Crippen LogP contribution >= 0.6 is 35.6 Å². The molecule has 0 amide bonds. The van der Waals surface area contributed by atoms with E-state index in [4.69, 9.17) is 16.3 Å². The number of rotatable bonds is 7. The van der Waals surface area contributed by atoms with Gasteiger partial charge in [0.1, 0.15) is 0 Å². The number of benzene rings is 1. The van der Waals surface area contributed by atoms with E-state index in [1.54, 1.807) is 7.05 Å². The molecule has 0 aliphatic carbocycles. The highest BCUT2D eigenvalue weighted by Crippen LogP contribution is 2.35. The second-order valence-corrected chi connectivity index (χ2v) is 8.90. The van der Waals surface area contributed by atoms with Gasteiger partial charge in [-0.1, -0.05) is 23.7 Å². The molecule has 2 fully saturated rings. The van der Waals surface area contributed by atoms with E-state index in [0.29, 0.717) is 18.6 Å². The molecule has 6 nitrogen and oxygen atoms in total. The molecular weight excluding hydrogens is 515 g/mol. The van der Waals surface area contributed by atoms with E-state index in [-0.39, 0.29) is 36.0 Å². The molecule has 0 spiro atoms. The quantitative estimate of drug-likeness (QED) is 0.276. The summed E-state index contributed by atoms with van der Waals surface area (Å²) in [6.07, 6.45) is 4.10. The Balaban J connectivity index is 0.00000320. The van der Waals surface area contributed by atoms with Gasteiger partial charge < -0.3 is 20.5 Å². The van der Waals surface area contributed by atoms with Crippen molar-refractivity contribution < 1.29 is 9.84 Å². The van der Waals surface area contributed by atoms with Gasteiger partial charge in [0.15, 0.2) is 5.96 Å². The first kappa shape index (κ1) is 25.6. The third-order valence-corrected chi connectivity index (χ3v) is 6.65. The summed E-state index contributed by atoms with van der Waals surface area (Å²) in [6.45, 7) is 4.36. The second-order valence-electron chi connectivity index (χ2n) is 8.47. The van der Waals surface area contributed by atoms with Gasteiger partial charge in [-0.15, -0.1) is 24.0 Å². The minimum atomic E-state index is 0. The molecule has 2 aliphatic heterocycles. The van der Waals surface area contributed by atoms with Crippen molar-refractivity contribution in [2.75, 3.05) is 53.6 Å². The highest BCUT2D eigenvalue weighted by Gasteiger charge is 2.35. The van der Waals surface area contributed by atoms with Crippen molar-refractivity contribution in [1.29, 1.82) is 0 Å². The maximum atomic E-state index is 9.43. The first-order valence-electron chi connectivity index (χ1n) is 10.7. The second kappa shape index (κ2) is 12.4. The van der Waals surface area contributed by atoms with E-state index in [1.807, 2.05) is 12.1 Å². The number of aliphatic hydroxyl groups is 1. The van der Waals surface area contributed by atoms with Gasteiger partial charge in [-0.05, 0) is 62.9 Å². The third-order valence-electron chi connectivity index (χ3n) is 6.41. The average Bonchev–Trinajstić information content (AvgIpc) is 3.17. The fourth-order valence-corrected chi connectivity index (χ4v) is 4.92. The number of nitrogens with one attached hydrogen (secondary N) is 2. The van der Waals surface area contributed by atoms with Crippen molar-refractivity contribution in [3.05, 3.63) is 34.9 Å². The van der Waals surface area contributed by atoms with Crippen LogP contribution in [0, 0.1) is 11.3 Å². The fourth-order valence-electron chi connectivity index (χ4n) is 4.72. The average molecular weight is 551 g/mol. The summed E-state index contributed by atoms with van der Waals surface area (Å²) < 4.78 is 5.59. The summed E-state index contributed by atoms with van der Waals surface area (Å²) in [6, 6.07) is 8.58. The molecule has 1 aromatic rings. The third kappa shape index (κ3) is 6.69. The van der Waals surface area contributed by atoms with Crippen LogP contribution in [0.2, 0.25) is 5.02 Å². The minimum Gasteiger partial charge on any atom is -0.396 e. The Morgan fingerprint density at radius 1 is 1.40 bits per heavy atom. The van der Waals surface area contributed by atoms with Crippen LogP contribution in [0.3, 0.4) is 0 Å². The lowest BCUT2D eigenvalue weighted by atomic mass is 9.84. The molecule has 2 saturated heterocycles. The Labute approximate surface area is 202 Å². The first-order chi connectivity index (χ1) is 14.1. The molecule has 0 bridgehead atoms. The number of likely N-dealkylation sites (tertiary alicyclic amines) is 1. The zero-order valence-corrected chi connectivity index (χ0v) is 21.2. The van der Waals surface area contributed by atoms with Crippen molar-refractivity contribution in [3.8, 4) is 0 Å². The molecule has 2 heterocycles. The number of ether oxygens (including phenoxy) is 1. The van der Waals surface area contributed by atoms with E-state index in [0.717, 1.165) is 50.1 Å². The fraction of sp³-hybridized carbons (Fsp3) is 0.682. The van der Waals surface area contributed by atoms with Gasteiger partial charge in [-0.2, -0.15) is 0 Å². The molecule has 0 aromatic heterocycles.